The van der Waals surface area contributed by atoms with Crippen molar-refractivity contribution in [3.63, 3.8) is 0 Å². The van der Waals surface area contributed by atoms with Crippen molar-refractivity contribution in [1.82, 2.24) is 0 Å². The number of hydrogen-bond donors (Lipinski definition) is 2. The molecule has 0 atom stereocenters. The largest absolute Gasteiger partial charge is 0.493 e. The van der Waals surface area contributed by atoms with Crippen molar-refractivity contribution in [1.29, 1.82) is 0 Å². The molecule has 0 saturated heterocycles. The van der Waals surface area contributed by atoms with Gasteiger partial charge in [-0.25, -0.2) is 4.39 Å². The Morgan fingerprint density at radius 2 is 2.04 bits per heavy atom. The number of aliphatic hydroxyl groups excluding tert-OH is 1. The molecular formula is C16H15ClFNO4. The average molecular weight is 340 g/mol. The van der Waals surface area contributed by atoms with Gasteiger partial charge in [0.05, 0.1) is 18.7 Å². The number of halogens is 2. The quantitative estimate of drug-likeness (QED) is 0.849. The van der Waals surface area contributed by atoms with Crippen LogP contribution in [0.25, 0.3) is 0 Å². The zero-order chi connectivity index (χ0) is 16.8. The molecule has 1 amide bonds. The SMILES string of the molecule is COc1cc(CO)ccc1OCC(=O)Nc1ccc(F)c(Cl)c1. The van der Waals surface area contributed by atoms with Gasteiger partial charge < -0.3 is 19.9 Å². The summed E-state index contributed by atoms with van der Waals surface area (Å²) in [5.41, 5.74) is 1.03. The first-order chi connectivity index (χ1) is 11.0. The Hall–Kier alpha value is -2.31. The Labute approximate surface area is 137 Å². The third-order valence-electron chi connectivity index (χ3n) is 2.97. The van der Waals surface area contributed by atoms with Crippen molar-refractivity contribution in [2.45, 2.75) is 6.61 Å². The fraction of sp³-hybridized carbons (Fsp3) is 0.188. The third-order valence-corrected chi connectivity index (χ3v) is 3.26. The minimum Gasteiger partial charge on any atom is -0.493 e. The van der Waals surface area contributed by atoms with Crippen LogP contribution in [0, 0.1) is 5.82 Å². The van der Waals surface area contributed by atoms with E-state index in [-0.39, 0.29) is 18.2 Å². The molecule has 2 aromatic rings. The van der Waals surface area contributed by atoms with Crippen LogP contribution in [0.3, 0.4) is 0 Å². The van der Waals surface area contributed by atoms with Crippen molar-refractivity contribution >= 4 is 23.2 Å². The highest BCUT2D eigenvalue weighted by molar-refractivity contribution is 6.31. The second-order valence-corrected chi connectivity index (χ2v) is 5.02. The van der Waals surface area contributed by atoms with E-state index in [0.29, 0.717) is 22.7 Å². The molecule has 23 heavy (non-hydrogen) atoms. The fourth-order valence-electron chi connectivity index (χ4n) is 1.84. The molecule has 0 saturated carbocycles. The van der Waals surface area contributed by atoms with Gasteiger partial charge in [0.15, 0.2) is 18.1 Å². The molecular weight excluding hydrogens is 325 g/mol. The first-order valence-electron chi connectivity index (χ1n) is 6.69. The molecule has 0 aliphatic heterocycles. The molecule has 122 valence electrons. The minimum atomic E-state index is -0.561. The van der Waals surface area contributed by atoms with Crippen molar-refractivity contribution in [2.75, 3.05) is 19.0 Å². The summed E-state index contributed by atoms with van der Waals surface area (Å²) in [6.45, 7) is -0.383. The Balaban J connectivity index is 1.97. The molecule has 0 radical (unpaired) electrons. The highest BCUT2D eigenvalue weighted by Gasteiger charge is 2.10. The first kappa shape index (κ1) is 17.1. The zero-order valence-electron chi connectivity index (χ0n) is 12.3. The molecule has 0 bridgehead atoms. The Bertz CT molecular complexity index is 708. The van der Waals surface area contributed by atoms with Crippen LogP contribution < -0.4 is 14.8 Å². The number of benzene rings is 2. The summed E-state index contributed by atoms with van der Waals surface area (Å²) in [7, 11) is 1.46. The molecule has 0 aliphatic carbocycles. The molecule has 0 fully saturated rings. The van der Waals surface area contributed by atoms with Crippen molar-refractivity contribution < 1.29 is 23.8 Å². The van der Waals surface area contributed by atoms with Crippen LogP contribution in [0.1, 0.15) is 5.56 Å². The predicted molar refractivity (Wildman–Crippen MR) is 84.5 cm³/mol. The monoisotopic (exact) mass is 339 g/mol. The van der Waals surface area contributed by atoms with E-state index in [4.69, 9.17) is 26.2 Å². The molecule has 0 aliphatic rings. The van der Waals surface area contributed by atoms with Crippen LogP contribution in [-0.2, 0) is 11.4 Å². The lowest BCUT2D eigenvalue weighted by molar-refractivity contribution is -0.118. The van der Waals surface area contributed by atoms with Crippen LogP contribution in [0.5, 0.6) is 11.5 Å². The summed E-state index contributed by atoms with van der Waals surface area (Å²) in [6.07, 6.45) is 0. The predicted octanol–water partition coefficient (Wildman–Crippen LogP) is 3.00. The average Bonchev–Trinajstić information content (AvgIpc) is 2.56. The highest BCUT2D eigenvalue weighted by Crippen LogP contribution is 2.28. The van der Waals surface area contributed by atoms with Gasteiger partial charge in [-0.3, -0.25) is 4.79 Å². The number of aliphatic hydroxyl groups is 1. The number of nitrogens with one attached hydrogen (secondary N) is 1. The minimum absolute atomic E-state index is 0.0787. The van der Waals surface area contributed by atoms with Gasteiger partial charge in [0.25, 0.3) is 5.91 Å². The first-order valence-corrected chi connectivity index (χ1v) is 7.06. The van der Waals surface area contributed by atoms with Gasteiger partial charge in [0.1, 0.15) is 5.82 Å². The smallest absolute Gasteiger partial charge is 0.262 e. The Morgan fingerprint density at radius 3 is 2.70 bits per heavy atom. The number of anilines is 1. The summed E-state index contributed by atoms with van der Waals surface area (Å²) in [4.78, 5) is 11.9. The van der Waals surface area contributed by atoms with E-state index in [0.717, 1.165) is 6.07 Å². The van der Waals surface area contributed by atoms with Crippen LogP contribution in [0.2, 0.25) is 5.02 Å². The van der Waals surface area contributed by atoms with E-state index in [2.05, 4.69) is 5.32 Å². The second-order valence-electron chi connectivity index (χ2n) is 4.61. The lowest BCUT2D eigenvalue weighted by Crippen LogP contribution is -2.20. The van der Waals surface area contributed by atoms with E-state index >= 15 is 0 Å². The number of methoxy groups -OCH3 is 1. The van der Waals surface area contributed by atoms with Gasteiger partial charge in [-0.05, 0) is 35.9 Å². The van der Waals surface area contributed by atoms with Crippen molar-refractivity contribution in [3.8, 4) is 11.5 Å². The number of carbonyl (C=O) groups excluding carboxylic acids is 1. The number of carbonyl (C=O) groups is 1. The van der Waals surface area contributed by atoms with Gasteiger partial charge in [0.2, 0.25) is 0 Å². The maximum atomic E-state index is 13.0. The van der Waals surface area contributed by atoms with Gasteiger partial charge in [-0.1, -0.05) is 17.7 Å². The molecule has 2 aromatic carbocycles. The molecule has 0 unspecified atom stereocenters. The van der Waals surface area contributed by atoms with Gasteiger partial charge in [0, 0.05) is 5.69 Å². The summed E-state index contributed by atoms with van der Waals surface area (Å²) in [5.74, 6) is -0.207. The topological polar surface area (TPSA) is 67.8 Å². The van der Waals surface area contributed by atoms with Crippen LogP contribution in [0.15, 0.2) is 36.4 Å². The Kier molecular flexibility index (Phi) is 5.78. The number of hydrogen-bond acceptors (Lipinski definition) is 4. The summed E-state index contributed by atoms with van der Waals surface area (Å²) >= 11 is 5.64. The van der Waals surface area contributed by atoms with E-state index in [1.807, 2.05) is 0 Å². The molecule has 2 rings (SSSR count). The fourth-order valence-corrected chi connectivity index (χ4v) is 2.02. The summed E-state index contributed by atoms with van der Waals surface area (Å²) in [5, 5.41) is 11.5. The van der Waals surface area contributed by atoms with Crippen molar-refractivity contribution in [2.24, 2.45) is 0 Å². The number of amides is 1. The molecule has 0 aromatic heterocycles. The van der Waals surface area contributed by atoms with Gasteiger partial charge in [-0.2, -0.15) is 0 Å². The standard InChI is InChI=1S/C16H15ClFNO4/c1-22-15-6-10(8-20)2-5-14(15)23-9-16(21)19-11-3-4-13(18)12(17)7-11/h2-7,20H,8-9H2,1H3,(H,19,21). The van der Waals surface area contributed by atoms with Gasteiger partial charge >= 0.3 is 0 Å². The number of ether oxygens (including phenoxy) is 2. The zero-order valence-corrected chi connectivity index (χ0v) is 13.1. The normalized spacial score (nSPS) is 10.3. The molecule has 2 N–H and O–H groups in total. The molecule has 5 nitrogen and oxygen atoms in total. The maximum Gasteiger partial charge on any atom is 0.262 e. The third kappa shape index (κ3) is 4.58. The molecule has 0 spiro atoms. The molecule has 0 heterocycles. The van der Waals surface area contributed by atoms with Gasteiger partial charge in [-0.15, -0.1) is 0 Å². The van der Waals surface area contributed by atoms with E-state index in [1.165, 1.54) is 19.2 Å². The summed E-state index contributed by atoms with van der Waals surface area (Å²) in [6, 6.07) is 8.76. The van der Waals surface area contributed by atoms with Crippen LogP contribution in [-0.4, -0.2) is 24.7 Å². The Morgan fingerprint density at radius 1 is 1.26 bits per heavy atom. The highest BCUT2D eigenvalue weighted by atomic mass is 35.5. The lowest BCUT2D eigenvalue weighted by atomic mass is 10.2. The number of rotatable bonds is 6. The lowest BCUT2D eigenvalue weighted by Gasteiger charge is -2.12. The van der Waals surface area contributed by atoms with Crippen LogP contribution in [0.4, 0.5) is 10.1 Å². The van der Waals surface area contributed by atoms with E-state index in [9.17, 15) is 9.18 Å². The maximum absolute atomic E-state index is 13.0. The van der Waals surface area contributed by atoms with Crippen LogP contribution >= 0.6 is 11.6 Å². The van der Waals surface area contributed by atoms with E-state index < -0.39 is 11.7 Å². The second kappa shape index (κ2) is 7.80. The van der Waals surface area contributed by atoms with Crippen molar-refractivity contribution in [3.05, 3.63) is 52.8 Å². The summed E-state index contributed by atoms with van der Waals surface area (Å²) < 4.78 is 23.6. The molecule has 7 heteroatoms. The van der Waals surface area contributed by atoms with E-state index in [1.54, 1.807) is 18.2 Å².